The zero-order chi connectivity index (χ0) is 35.2. The van der Waals surface area contributed by atoms with Crippen LogP contribution in [0.5, 0.6) is 11.5 Å². The van der Waals surface area contributed by atoms with E-state index in [0.717, 1.165) is 6.07 Å². The van der Waals surface area contributed by atoms with Crippen LogP contribution >= 0.6 is 0 Å². The highest BCUT2D eigenvalue weighted by molar-refractivity contribution is 5.96. The van der Waals surface area contributed by atoms with Gasteiger partial charge in [-0.3, -0.25) is 4.79 Å². The van der Waals surface area contributed by atoms with Gasteiger partial charge in [0.25, 0.3) is 0 Å². The van der Waals surface area contributed by atoms with Crippen molar-refractivity contribution in [2.75, 3.05) is 7.11 Å². The molecule has 47 heavy (non-hydrogen) atoms. The van der Waals surface area contributed by atoms with Crippen molar-refractivity contribution in [1.29, 1.82) is 0 Å². The molecule has 1 N–H and O–H groups in total. The fourth-order valence-electron chi connectivity index (χ4n) is 4.26. The molecular formula is C34H36F3NO9. The smallest absolute Gasteiger partial charge is 0.489 e. The molecule has 0 aliphatic heterocycles. The van der Waals surface area contributed by atoms with Gasteiger partial charge in [-0.2, -0.15) is 13.2 Å². The number of carbonyl (C=O) groups is 3. The number of ether oxygens (including phenoxy) is 5. The molecule has 252 valence electrons. The van der Waals surface area contributed by atoms with E-state index in [0.29, 0.717) is 28.3 Å². The molecule has 0 saturated heterocycles. The summed E-state index contributed by atoms with van der Waals surface area (Å²) in [4.78, 5) is 37.5. The van der Waals surface area contributed by atoms with Gasteiger partial charge in [-0.25, -0.2) is 9.59 Å². The van der Waals surface area contributed by atoms with Crippen LogP contribution in [0.15, 0.2) is 59.8 Å². The minimum atomic E-state index is -5.00. The number of carbonyl (C=O) groups excluding carboxylic acids is 3. The molecule has 3 aromatic carbocycles. The minimum absolute atomic E-state index is 0.0234. The molecule has 0 aliphatic carbocycles. The van der Waals surface area contributed by atoms with E-state index in [1.807, 2.05) is 0 Å². The van der Waals surface area contributed by atoms with Crippen LogP contribution < -0.4 is 9.47 Å². The fraction of sp³-hybridized carbons (Fsp3) is 0.353. The first-order valence-electron chi connectivity index (χ1n) is 14.3. The van der Waals surface area contributed by atoms with Crippen molar-refractivity contribution in [1.82, 2.24) is 0 Å². The summed E-state index contributed by atoms with van der Waals surface area (Å²) in [5.41, 5.74) is -1.73. The summed E-state index contributed by atoms with van der Waals surface area (Å²) < 4.78 is 68.3. The average Bonchev–Trinajstić information content (AvgIpc) is 2.94. The summed E-state index contributed by atoms with van der Waals surface area (Å²) >= 11 is 0. The van der Waals surface area contributed by atoms with Crippen molar-refractivity contribution in [3.63, 3.8) is 0 Å². The molecular weight excluding hydrogens is 623 g/mol. The van der Waals surface area contributed by atoms with Crippen LogP contribution in [0.25, 0.3) is 11.1 Å². The first-order chi connectivity index (χ1) is 21.8. The highest BCUT2D eigenvalue weighted by Crippen LogP contribution is 2.41. The van der Waals surface area contributed by atoms with Gasteiger partial charge in [0.2, 0.25) is 0 Å². The Labute approximate surface area is 270 Å². The van der Waals surface area contributed by atoms with E-state index < -0.39 is 59.0 Å². The summed E-state index contributed by atoms with van der Waals surface area (Å²) in [6.07, 6.45) is -5.19. The number of methoxy groups -OCH3 is 1. The number of rotatable bonds is 9. The number of alkyl halides is 3. The highest BCUT2D eigenvalue weighted by Gasteiger charge is 2.40. The van der Waals surface area contributed by atoms with E-state index in [9.17, 15) is 27.6 Å². The highest BCUT2D eigenvalue weighted by atomic mass is 19.4. The van der Waals surface area contributed by atoms with Crippen LogP contribution in [-0.4, -0.2) is 47.8 Å². The molecule has 0 aliphatic rings. The Morgan fingerprint density at radius 3 is 2.06 bits per heavy atom. The first-order valence-corrected chi connectivity index (χ1v) is 14.3. The average molecular weight is 660 g/mol. The number of benzene rings is 3. The maximum Gasteiger partial charge on any atom is 0.514 e. The fourth-order valence-corrected chi connectivity index (χ4v) is 4.26. The van der Waals surface area contributed by atoms with Gasteiger partial charge in [0, 0.05) is 11.1 Å². The Morgan fingerprint density at radius 1 is 0.872 bits per heavy atom. The van der Waals surface area contributed by atoms with Gasteiger partial charge in [-0.15, -0.1) is 0 Å². The summed E-state index contributed by atoms with van der Waals surface area (Å²) in [5, 5.41) is 12.3. The van der Waals surface area contributed by atoms with Gasteiger partial charge in [0.05, 0.1) is 25.3 Å². The van der Waals surface area contributed by atoms with E-state index in [1.165, 1.54) is 54.9 Å². The Hall–Kier alpha value is -5.07. The van der Waals surface area contributed by atoms with Gasteiger partial charge in [-0.1, -0.05) is 35.5 Å². The van der Waals surface area contributed by atoms with E-state index in [4.69, 9.17) is 28.9 Å². The zero-order valence-electron chi connectivity index (χ0n) is 27.0. The first kappa shape index (κ1) is 36.4. The SMILES string of the molecule is COC(=O)Cc1ccc(-c2ccc(OCc3ccc(C(F)(F)F)c(OC(=O)OC(C)(C)C)c3C(=O)OC(C)(C)C)cc2)c(C=NO)c1. The number of nitrogens with zero attached hydrogens (tertiary/aromatic N) is 1. The molecule has 0 unspecified atom stereocenters. The van der Waals surface area contributed by atoms with E-state index in [1.54, 1.807) is 42.5 Å². The monoisotopic (exact) mass is 659 g/mol. The lowest BCUT2D eigenvalue weighted by molar-refractivity contribution is -0.140. The number of esters is 2. The van der Waals surface area contributed by atoms with Crippen LogP contribution in [0.1, 0.15) is 74.2 Å². The third-order valence-corrected chi connectivity index (χ3v) is 6.18. The van der Waals surface area contributed by atoms with Gasteiger partial charge < -0.3 is 28.9 Å². The zero-order valence-corrected chi connectivity index (χ0v) is 27.0. The van der Waals surface area contributed by atoms with Crippen molar-refractivity contribution in [3.05, 3.63) is 82.4 Å². The van der Waals surface area contributed by atoms with Gasteiger partial charge in [0.15, 0.2) is 5.75 Å². The summed E-state index contributed by atoms with van der Waals surface area (Å²) in [5.74, 6) is -2.37. The topological polar surface area (TPSA) is 130 Å². The van der Waals surface area contributed by atoms with E-state index in [2.05, 4.69) is 5.16 Å². The molecule has 0 heterocycles. The molecule has 0 aromatic heterocycles. The van der Waals surface area contributed by atoms with Crippen molar-refractivity contribution in [2.45, 2.75) is 71.9 Å². The Bertz CT molecular complexity index is 1630. The molecule has 10 nitrogen and oxygen atoms in total. The molecule has 0 spiro atoms. The number of halogens is 3. The molecule has 3 rings (SSSR count). The molecule has 0 amide bonds. The van der Waals surface area contributed by atoms with Crippen LogP contribution in [0, 0.1) is 0 Å². The van der Waals surface area contributed by atoms with Crippen LogP contribution in [0.4, 0.5) is 18.0 Å². The predicted octanol–water partition coefficient (Wildman–Crippen LogP) is 7.74. The van der Waals surface area contributed by atoms with Crippen LogP contribution in [-0.2, 0) is 38.2 Å². The Balaban J connectivity index is 1.98. The Morgan fingerprint density at radius 2 is 1.51 bits per heavy atom. The number of oxime groups is 1. The lowest BCUT2D eigenvalue weighted by Gasteiger charge is -2.24. The van der Waals surface area contributed by atoms with Crippen molar-refractivity contribution >= 4 is 24.3 Å². The van der Waals surface area contributed by atoms with E-state index >= 15 is 0 Å². The molecule has 0 atom stereocenters. The standard InChI is InChI=1S/C34H36F3NO9/c1-32(2,3)46-30(40)28-22(11-15-26(34(35,36)37)29(28)45-31(41)47-33(4,5)6)19-44-24-12-9-21(10-13-24)25-14-8-20(17-27(39)43-7)16-23(25)18-38-42/h8-16,18,42H,17,19H2,1-7H3. The molecule has 0 radical (unpaired) electrons. The lowest BCUT2D eigenvalue weighted by atomic mass is 9.97. The summed E-state index contributed by atoms with van der Waals surface area (Å²) in [6, 6.07) is 13.4. The minimum Gasteiger partial charge on any atom is -0.489 e. The van der Waals surface area contributed by atoms with Crippen LogP contribution in [0.2, 0.25) is 0 Å². The second-order valence-electron chi connectivity index (χ2n) is 12.3. The summed E-state index contributed by atoms with van der Waals surface area (Å²) in [6.45, 7) is 8.72. The lowest BCUT2D eigenvalue weighted by Crippen LogP contribution is -2.29. The van der Waals surface area contributed by atoms with Crippen LogP contribution in [0.3, 0.4) is 0 Å². The second kappa shape index (κ2) is 14.6. The predicted molar refractivity (Wildman–Crippen MR) is 165 cm³/mol. The molecule has 0 saturated carbocycles. The molecule has 3 aromatic rings. The van der Waals surface area contributed by atoms with E-state index in [-0.39, 0.29) is 17.7 Å². The second-order valence-corrected chi connectivity index (χ2v) is 12.3. The maximum atomic E-state index is 14.1. The summed E-state index contributed by atoms with van der Waals surface area (Å²) in [7, 11) is 1.28. The normalized spacial score (nSPS) is 12.0. The molecule has 13 heteroatoms. The Kier molecular flexibility index (Phi) is 11.3. The molecule has 0 bridgehead atoms. The largest absolute Gasteiger partial charge is 0.514 e. The van der Waals surface area contributed by atoms with Crippen molar-refractivity contribution in [3.8, 4) is 22.6 Å². The van der Waals surface area contributed by atoms with Crippen molar-refractivity contribution in [2.24, 2.45) is 5.16 Å². The van der Waals surface area contributed by atoms with Gasteiger partial charge in [0.1, 0.15) is 29.1 Å². The maximum absolute atomic E-state index is 14.1. The van der Waals surface area contributed by atoms with Gasteiger partial charge >= 0.3 is 24.3 Å². The third-order valence-electron chi connectivity index (χ3n) is 6.18. The molecule has 0 fully saturated rings. The number of hydrogen-bond acceptors (Lipinski definition) is 10. The third kappa shape index (κ3) is 10.5. The van der Waals surface area contributed by atoms with Gasteiger partial charge in [-0.05, 0) is 82.5 Å². The quantitative estimate of drug-likeness (QED) is 0.0612. The number of hydrogen-bond donors (Lipinski definition) is 1. The van der Waals surface area contributed by atoms with Crippen molar-refractivity contribution < 1.29 is 56.4 Å².